The highest BCUT2D eigenvalue weighted by Crippen LogP contribution is 2.34. The van der Waals surface area contributed by atoms with Crippen LogP contribution in [0.1, 0.15) is 63.3 Å². The van der Waals surface area contributed by atoms with E-state index in [1.165, 1.54) is 29.5 Å². The summed E-state index contributed by atoms with van der Waals surface area (Å²) >= 11 is 0. The highest BCUT2D eigenvalue weighted by atomic mass is 16.5. The second-order valence-electron chi connectivity index (χ2n) is 6.20. The van der Waals surface area contributed by atoms with E-state index in [-0.39, 0.29) is 0 Å². The number of hydrogen-bond donors (Lipinski definition) is 1. The van der Waals surface area contributed by atoms with Gasteiger partial charge in [0.1, 0.15) is 0 Å². The van der Waals surface area contributed by atoms with Crippen molar-refractivity contribution in [3.05, 3.63) is 34.9 Å². The molecule has 118 valence electrons. The molecular formula is C19H31NO. The monoisotopic (exact) mass is 289 g/mol. The lowest BCUT2D eigenvalue weighted by molar-refractivity contribution is 0.0953. The van der Waals surface area contributed by atoms with E-state index in [9.17, 15) is 0 Å². The third-order valence-corrected chi connectivity index (χ3v) is 4.83. The molecule has 21 heavy (non-hydrogen) atoms. The molecule has 1 aromatic rings. The summed E-state index contributed by atoms with van der Waals surface area (Å²) in [6.07, 6.45) is 4.94. The zero-order valence-corrected chi connectivity index (χ0v) is 14.1. The lowest BCUT2D eigenvalue weighted by Crippen LogP contribution is -2.32. The van der Waals surface area contributed by atoms with Crippen molar-refractivity contribution in [2.24, 2.45) is 5.92 Å². The minimum atomic E-state index is 0.357. The molecule has 3 unspecified atom stereocenters. The van der Waals surface area contributed by atoms with Gasteiger partial charge in [-0.25, -0.2) is 0 Å². The second-order valence-corrected chi connectivity index (χ2v) is 6.20. The Kier molecular flexibility index (Phi) is 6.25. The van der Waals surface area contributed by atoms with E-state index >= 15 is 0 Å². The number of rotatable bonds is 7. The van der Waals surface area contributed by atoms with E-state index in [0.29, 0.717) is 18.1 Å². The first-order chi connectivity index (χ1) is 10.2. The lowest BCUT2D eigenvalue weighted by Gasteiger charge is -2.28. The van der Waals surface area contributed by atoms with Gasteiger partial charge in [-0.1, -0.05) is 39.0 Å². The summed E-state index contributed by atoms with van der Waals surface area (Å²) in [5.41, 5.74) is 4.44. The molecule has 3 atom stereocenters. The molecule has 1 fully saturated rings. The van der Waals surface area contributed by atoms with Crippen LogP contribution >= 0.6 is 0 Å². The molecule has 2 nitrogen and oxygen atoms in total. The lowest BCUT2D eigenvalue weighted by atomic mass is 9.86. The molecule has 0 amide bonds. The molecule has 1 aliphatic heterocycles. The molecule has 0 bridgehead atoms. The molecule has 1 saturated heterocycles. The summed E-state index contributed by atoms with van der Waals surface area (Å²) in [5, 5.41) is 3.77. The third kappa shape index (κ3) is 3.87. The van der Waals surface area contributed by atoms with Crippen molar-refractivity contribution in [1.29, 1.82) is 0 Å². The van der Waals surface area contributed by atoms with Gasteiger partial charge in [-0.2, -0.15) is 0 Å². The summed E-state index contributed by atoms with van der Waals surface area (Å²) in [7, 11) is 0. The molecule has 0 saturated carbocycles. The Morgan fingerprint density at radius 2 is 1.95 bits per heavy atom. The Bertz CT molecular complexity index is 443. The number of benzene rings is 1. The summed E-state index contributed by atoms with van der Waals surface area (Å²) in [5.74, 6) is 0.591. The van der Waals surface area contributed by atoms with E-state index in [4.69, 9.17) is 4.74 Å². The van der Waals surface area contributed by atoms with Crippen LogP contribution in [0.25, 0.3) is 0 Å². The van der Waals surface area contributed by atoms with Crippen molar-refractivity contribution in [3.63, 3.8) is 0 Å². The number of hydrogen-bond acceptors (Lipinski definition) is 2. The van der Waals surface area contributed by atoms with Crippen molar-refractivity contribution in [2.75, 3.05) is 13.2 Å². The largest absolute Gasteiger partial charge is 0.378 e. The van der Waals surface area contributed by atoms with Crippen LogP contribution in [0.5, 0.6) is 0 Å². The maximum Gasteiger partial charge on any atom is 0.0594 e. The van der Waals surface area contributed by atoms with Crippen LogP contribution in [0.3, 0.4) is 0 Å². The first-order valence-corrected chi connectivity index (χ1v) is 8.67. The Morgan fingerprint density at radius 1 is 1.19 bits per heavy atom. The molecule has 0 aliphatic carbocycles. The molecule has 0 spiro atoms. The van der Waals surface area contributed by atoms with Crippen LogP contribution in [-0.2, 0) is 17.6 Å². The Labute approximate surface area is 130 Å². The molecular weight excluding hydrogens is 258 g/mol. The molecule has 1 aromatic carbocycles. The number of nitrogens with one attached hydrogen (secondary N) is 1. The van der Waals surface area contributed by atoms with Crippen molar-refractivity contribution in [1.82, 2.24) is 5.32 Å². The van der Waals surface area contributed by atoms with Gasteiger partial charge < -0.3 is 10.1 Å². The smallest absolute Gasteiger partial charge is 0.0594 e. The van der Waals surface area contributed by atoms with Gasteiger partial charge in [-0.3, -0.25) is 0 Å². The van der Waals surface area contributed by atoms with Crippen molar-refractivity contribution < 1.29 is 4.74 Å². The van der Waals surface area contributed by atoms with Gasteiger partial charge >= 0.3 is 0 Å². The van der Waals surface area contributed by atoms with E-state index in [1.54, 1.807) is 0 Å². The SMILES string of the molecule is CCCNC(c1ccc(CC)c(CC)c1)C1CCOC1C. The van der Waals surface area contributed by atoms with Crippen LogP contribution in [0.15, 0.2) is 18.2 Å². The topological polar surface area (TPSA) is 21.3 Å². The first kappa shape index (κ1) is 16.5. The number of aryl methyl sites for hydroxylation is 2. The van der Waals surface area contributed by atoms with E-state index in [1.807, 2.05) is 0 Å². The van der Waals surface area contributed by atoms with E-state index in [0.717, 1.165) is 26.0 Å². The zero-order chi connectivity index (χ0) is 15.2. The van der Waals surface area contributed by atoms with Crippen LogP contribution in [0.4, 0.5) is 0 Å². The van der Waals surface area contributed by atoms with Crippen molar-refractivity contribution >= 4 is 0 Å². The zero-order valence-electron chi connectivity index (χ0n) is 14.1. The molecule has 2 heteroatoms. The van der Waals surface area contributed by atoms with Gasteiger partial charge in [0.15, 0.2) is 0 Å². The second kappa shape index (κ2) is 7.95. The predicted octanol–water partition coefficient (Wildman–Crippen LogP) is 4.28. The van der Waals surface area contributed by atoms with Crippen molar-refractivity contribution in [3.8, 4) is 0 Å². The van der Waals surface area contributed by atoms with Crippen molar-refractivity contribution in [2.45, 2.75) is 65.5 Å². The Hall–Kier alpha value is -0.860. The van der Waals surface area contributed by atoms with Gasteiger partial charge in [-0.05, 0) is 55.8 Å². The fourth-order valence-corrected chi connectivity index (χ4v) is 3.52. The van der Waals surface area contributed by atoms with Crippen LogP contribution < -0.4 is 5.32 Å². The highest BCUT2D eigenvalue weighted by molar-refractivity contribution is 5.34. The minimum Gasteiger partial charge on any atom is -0.378 e. The average molecular weight is 289 g/mol. The van der Waals surface area contributed by atoms with Crippen LogP contribution in [-0.4, -0.2) is 19.3 Å². The van der Waals surface area contributed by atoms with E-state index in [2.05, 4.69) is 51.2 Å². The highest BCUT2D eigenvalue weighted by Gasteiger charge is 2.32. The van der Waals surface area contributed by atoms with E-state index < -0.39 is 0 Å². The summed E-state index contributed by atoms with van der Waals surface area (Å²) in [6, 6.07) is 7.52. The van der Waals surface area contributed by atoms with Crippen LogP contribution in [0, 0.1) is 5.92 Å². The van der Waals surface area contributed by atoms with Gasteiger partial charge in [-0.15, -0.1) is 0 Å². The first-order valence-electron chi connectivity index (χ1n) is 8.67. The molecule has 1 aliphatic rings. The van der Waals surface area contributed by atoms with Crippen LogP contribution in [0.2, 0.25) is 0 Å². The molecule has 1 N–H and O–H groups in total. The maximum absolute atomic E-state index is 5.81. The van der Waals surface area contributed by atoms with Gasteiger partial charge in [0.2, 0.25) is 0 Å². The fourth-order valence-electron chi connectivity index (χ4n) is 3.52. The summed E-state index contributed by atoms with van der Waals surface area (Å²) < 4.78 is 5.81. The maximum atomic E-state index is 5.81. The quantitative estimate of drug-likeness (QED) is 0.809. The fraction of sp³-hybridized carbons (Fsp3) is 0.684. The summed E-state index contributed by atoms with van der Waals surface area (Å²) in [6.45, 7) is 10.9. The standard InChI is InChI=1S/C19H31NO/c1-5-11-20-19(18-10-12-21-14(18)4)17-9-8-15(6-2)16(7-3)13-17/h8-9,13-14,18-20H,5-7,10-12H2,1-4H3. The Morgan fingerprint density at radius 3 is 2.52 bits per heavy atom. The third-order valence-electron chi connectivity index (χ3n) is 4.83. The molecule has 2 rings (SSSR count). The normalized spacial score (nSPS) is 23.4. The number of ether oxygens (including phenoxy) is 1. The van der Waals surface area contributed by atoms with Gasteiger partial charge in [0, 0.05) is 18.6 Å². The summed E-state index contributed by atoms with van der Waals surface area (Å²) in [4.78, 5) is 0. The molecule has 0 aromatic heterocycles. The van der Waals surface area contributed by atoms with Gasteiger partial charge in [0.05, 0.1) is 6.10 Å². The van der Waals surface area contributed by atoms with Gasteiger partial charge in [0.25, 0.3) is 0 Å². The molecule has 1 heterocycles. The average Bonchev–Trinajstić information content (AvgIpc) is 2.93. The predicted molar refractivity (Wildman–Crippen MR) is 89.8 cm³/mol. The Balaban J connectivity index is 2.27. The minimum absolute atomic E-state index is 0.357. The molecule has 0 radical (unpaired) electrons.